The van der Waals surface area contributed by atoms with Crippen LogP contribution in [0.1, 0.15) is 38.1 Å². The molecule has 1 aromatic carbocycles. The lowest BCUT2D eigenvalue weighted by atomic mass is 10.2. The minimum atomic E-state index is -0.348. The van der Waals surface area contributed by atoms with E-state index in [1.54, 1.807) is 28.3 Å². The van der Waals surface area contributed by atoms with Crippen LogP contribution in [0.3, 0.4) is 0 Å². The molecule has 148 valence electrons. The van der Waals surface area contributed by atoms with Gasteiger partial charge in [0.2, 0.25) is 0 Å². The number of aromatic nitrogens is 4. The Kier molecular flexibility index (Phi) is 5.39. The van der Waals surface area contributed by atoms with Crippen molar-refractivity contribution in [3.8, 4) is 11.5 Å². The van der Waals surface area contributed by atoms with Crippen LogP contribution in [0.4, 0.5) is 0 Å². The Hall–Kier alpha value is -3.29. The highest BCUT2D eigenvalue weighted by molar-refractivity contribution is 5.77. The highest BCUT2D eigenvalue weighted by atomic mass is 16.3. The van der Waals surface area contributed by atoms with E-state index in [2.05, 4.69) is 4.98 Å². The largest absolute Gasteiger partial charge is 0.508 e. The molecule has 0 saturated heterocycles. The zero-order chi connectivity index (χ0) is 20.4. The molecule has 2 aromatic heterocycles. The predicted octanol–water partition coefficient (Wildman–Crippen LogP) is 2.30. The van der Waals surface area contributed by atoms with Crippen LogP contribution < -0.4 is 11.2 Å². The van der Waals surface area contributed by atoms with E-state index < -0.39 is 0 Å². The first kappa shape index (κ1) is 19.5. The Morgan fingerprint density at radius 2 is 1.57 bits per heavy atom. The maximum atomic E-state index is 12.9. The summed E-state index contributed by atoms with van der Waals surface area (Å²) in [5, 5.41) is 19.2. The van der Waals surface area contributed by atoms with E-state index in [4.69, 9.17) is 0 Å². The molecule has 0 spiro atoms. The van der Waals surface area contributed by atoms with Gasteiger partial charge in [0.25, 0.3) is 5.56 Å². The Bertz CT molecular complexity index is 1150. The molecule has 3 aromatic rings. The minimum absolute atomic E-state index is 0.0520. The van der Waals surface area contributed by atoms with Gasteiger partial charge in [0.05, 0.1) is 0 Å². The number of hydrogen-bond acceptors (Lipinski definition) is 5. The summed E-state index contributed by atoms with van der Waals surface area (Å²) in [5.74, 6) is 0.390. The second kappa shape index (κ2) is 7.75. The van der Waals surface area contributed by atoms with Crippen molar-refractivity contribution >= 4 is 23.3 Å². The third-order valence-corrected chi connectivity index (χ3v) is 4.52. The van der Waals surface area contributed by atoms with Crippen LogP contribution in [-0.4, -0.2) is 28.9 Å². The summed E-state index contributed by atoms with van der Waals surface area (Å²) < 4.78 is 4.47. The summed E-state index contributed by atoms with van der Waals surface area (Å²) in [6, 6.07) is 4.24. The maximum Gasteiger partial charge on any atom is 0.332 e. The number of nitrogens with zero attached hydrogens (tertiary/aromatic N) is 4. The van der Waals surface area contributed by atoms with Gasteiger partial charge in [0, 0.05) is 26.2 Å². The monoisotopic (exact) mass is 384 g/mol. The summed E-state index contributed by atoms with van der Waals surface area (Å²) >= 11 is 0. The van der Waals surface area contributed by atoms with Gasteiger partial charge < -0.3 is 14.8 Å². The van der Waals surface area contributed by atoms with Gasteiger partial charge in [-0.2, -0.15) is 0 Å². The van der Waals surface area contributed by atoms with Gasteiger partial charge in [-0.25, -0.2) is 9.78 Å². The summed E-state index contributed by atoms with van der Waals surface area (Å²) in [6.07, 6.45) is 4.77. The first-order chi connectivity index (χ1) is 13.4. The van der Waals surface area contributed by atoms with Gasteiger partial charge in [-0.1, -0.05) is 19.9 Å². The van der Waals surface area contributed by atoms with E-state index in [9.17, 15) is 19.8 Å². The van der Waals surface area contributed by atoms with E-state index >= 15 is 0 Å². The number of benzene rings is 1. The number of phenols is 2. The van der Waals surface area contributed by atoms with Crippen molar-refractivity contribution in [2.45, 2.75) is 39.8 Å². The number of hydrogen-bond donors (Lipinski definition) is 2. The lowest BCUT2D eigenvalue weighted by Gasteiger charge is -2.10. The Labute approximate surface area is 161 Å². The number of aryl methyl sites for hydroxylation is 2. The second-order valence-corrected chi connectivity index (χ2v) is 6.71. The second-order valence-electron chi connectivity index (χ2n) is 6.71. The summed E-state index contributed by atoms with van der Waals surface area (Å²) in [5.41, 5.74) is 0.635. The van der Waals surface area contributed by atoms with Gasteiger partial charge >= 0.3 is 5.69 Å². The number of phenolic OH excluding ortho intramolecular Hbond substituents is 2. The van der Waals surface area contributed by atoms with Crippen molar-refractivity contribution in [1.29, 1.82) is 0 Å². The molecule has 0 bridgehead atoms. The summed E-state index contributed by atoms with van der Waals surface area (Å²) in [7, 11) is 1.73. The van der Waals surface area contributed by atoms with E-state index in [1.165, 1.54) is 22.8 Å². The number of aromatic hydroxyl groups is 2. The number of fused-ring (bicyclic) bond motifs is 1. The smallest absolute Gasteiger partial charge is 0.332 e. The normalized spacial score (nSPS) is 11.7. The zero-order valence-corrected chi connectivity index (χ0v) is 16.2. The molecule has 2 N–H and O–H groups in total. The molecule has 0 radical (unpaired) electrons. The molecule has 8 nitrogen and oxygen atoms in total. The van der Waals surface area contributed by atoms with Crippen LogP contribution in [0.2, 0.25) is 0 Å². The average Bonchev–Trinajstić information content (AvgIpc) is 2.96. The average molecular weight is 384 g/mol. The molecular weight excluding hydrogens is 360 g/mol. The summed E-state index contributed by atoms with van der Waals surface area (Å²) in [6.45, 7) is 4.71. The molecule has 8 heteroatoms. The standard InChI is InChI=1S/C20H24N4O4/c1-4-8-23-18-17(19(27)24(9-5-2)20(23)28)22(3)16(21-18)7-6-13-10-14(25)12-15(26)11-13/h6-7,10-12,25-26H,4-5,8-9H2,1-3H3. The van der Waals surface area contributed by atoms with Gasteiger partial charge in [0.1, 0.15) is 17.3 Å². The van der Waals surface area contributed by atoms with Gasteiger partial charge in [-0.05, 0) is 36.6 Å². The molecule has 0 unspecified atom stereocenters. The van der Waals surface area contributed by atoms with Crippen LogP contribution in [0, 0.1) is 0 Å². The summed E-state index contributed by atoms with van der Waals surface area (Å²) in [4.78, 5) is 30.2. The van der Waals surface area contributed by atoms with Crippen molar-refractivity contribution in [3.63, 3.8) is 0 Å². The van der Waals surface area contributed by atoms with Crippen molar-refractivity contribution in [2.75, 3.05) is 0 Å². The van der Waals surface area contributed by atoms with E-state index in [-0.39, 0.29) is 22.7 Å². The topological polar surface area (TPSA) is 102 Å². The molecule has 3 rings (SSSR count). The van der Waals surface area contributed by atoms with Crippen molar-refractivity contribution in [1.82, 2.24) is 18.7 Å². The Balaban J connectivity index is 2.20. The SMILES string of the molecule is CCCn1c(=O)c2c(nc(C=Cc3cc(O)cc(O)c3)n2C)n(CCC)c1=O. The Morgan fingerprint density at radius 3 is 2.18 bits per heavy atom. The van der Waals surface area contributed by atoms with Gasteiger partial charge in [-0.15, -0.1) is 0 Å². The molecule has 0 amide bonds. The van der Waals surface area contributed by atoms with Crippen LogP contribution in [0.5, 0.6) is 11.5 Å². The molecule has 0 aliphatic carbocycles. The van der Waals surface area contributed by atoms with Crippen LogP contribution in [0.15, 0.2) is 27.8 Å². The van der Waals surface area contributed by atoms with E-state index in [1.807, 2.05) is 13.8 Å². The van der Waals surface area contributed by atoms with Crippen LogP contribution >= 0.6 is 0 Å². The number of rotatable bonds is 6. The van der Waals surface area contributed by atoms with E-state index in [0.717, 1.165) is 6.42 Å². The lowest BCUT2D eigenvalue weighted by molar-refractivity contribution is 0.450. The highest BCUT2D eigenvalue weighted by Gasteiger charge is 2.18. The lowest BCUT2D eigenvalue weighted by Crippen LogP contribution is -2.40. The fourth-order valence-corrected chi connectivity index (χ4v) is 3.26. The molecule has 0 fully saturated rings. The Morgan fingerprint density at radius 1 is 0.964 bits per heavy atom. The molecule has 0 aliphatic heterocycles. The quantitative estimate of drug-likeness (QED) is 0.679. The van der Waals surface area contributed by atoms with Crippen molar-refractivity contribution < 1.29 is 10.2 Å². The molecular formula is C20H24N4O4. The molecule has 0 aliphatic rings. The fraction of sp³-hybridized carbons (Fsp3) is 0.350. The molecule has 28 heavy (non-hydrogen) atoms. The van der Waals surface area contributed by atoms with Gasteiger partial charge in [0.15, 0.2) is 11.2 Å². The third-order valence-electron chi connectivity index (χ3n) is 4.52. The minimum Gasteiger partial charge on any atom is -0.508 e. The molecule has 2 heterocycles. The van der Waals surface area contributed by atoms with Gasteiger partial charge in [-0.3, -0.25) is 13.9 Å². The highest BCUT2D eigenvalue weighted by Crippen LogP contribution is 2.22. The van der Waals surface area contributed by atoms with Crippen LogP contribution in [0.25, 0.3) is 23.3 Å². The zero-order valence-electron chi connectivity index (χ0n) is 16.2. The first-order valence-electron chi connectivity index (χ1n) is 9.28. The maximum absolute atomic E-state index is 12.9. The predicted molar refractivity (Wildman–Crippen MR) is 109 cm³/mol. The van der Waals surface area contributed by atoms with Crippen molar-refractivity contribution in [2.24, 2.45) is 7.05 Å². The number of imidazole rings is 1. The van der Waals surface area contributed by atoms with Crippen molar-refractivity contribution in [3.05, 3.63) is 50.4 Å². The fourth-order valence-electron chi connectivity index (χ4n) is 3.26. The first-order valence-corrected chi connectivity index (χ1v) is 9.28. The third kappa shape index (κ3) is 3.45. The van der Waals surface area contributed by atoms with E-state index in [0.29, 0.717) is 42.1 Å². The molecule has 0 saturated carbocycles. The van der Waals surface area contributed by atoms with Crippen LogP contribution in [-0.2, 0) is 20.1 Å². The molecule has 0 atom stereocenters.